The van der Waals surface area contributed by atoms with E-state index in [4.69, 9.17) is 18.9 Å². The molecule has 0 radical (unpaired) electrons. The van der Waals surface area contributed by atoms with Gasteiger partial charge in [0.2, 0.25) is 5.88 Å². The lowest BCUT2D eigenvalue weighted by Gasteiger charge is -2.21. The van der Waals surface area contributed by atoms with Gasteiger partial charge in [0.05, 0.1) is 30.5 Å². The number of rotatable bonds is 5. The van der Waals surface area contributed by atoms with Crippen molar-refractivity contribution in [2.75, 3.05) is 49.8 Å². The van der Waals surface area contributed by atoms with E-state index in [2.05, 4.69) is 20.2 Å². The summed E-state index contributed by atoms with van der Waals surface area (Å²) >= 11 is 0. The van der Waals surface area contributed by atoms with Gasteiger partial charge in [-0.15, -0.1) is 0 Å². The molecule has 5 heterocycles. The van der Waals surface area contributed by atoms with Crippen LogP contribution in [0.5, 0.6) is 17.4 Å². The highest BCUT2D eigenvalue weighted by Crippen LogP contribution is 2.35. The minimum atomic E-state index is -0.896. The Kier molecular flexibility index (Phi) is 5.59. The Hall–Kier alpha value is -4.28. The van der Waals surface area contributed by atoms with Gasteiger partial charge in [0, 0.05) is 37.5 Å². The molecule has 11 heteroatoms. The number of hydrogen-bond donors (Lipinski definition) is 1. The molecule has 0 aliphatic carbocycles. The molecular formula is C25H25N5O6. The van der Waals surface area contributed by atoms with E-state index < -0.39 is 12.2 Å². The van der Waals surface area contributed by atoms with Crippen molar-refractivity contribution in [3.05, 3.63) is 42.6 Å². The van der Waals surface area contributed by atoms with Crippen LogP contribution in [0.3, 0.4) is 0 Å². The molecule has 2 amide bonds. The zero-order valence-electron chi connectivity index (χ0n) is 19.7. The summed E-state index contributed by atoms with van der Waals surface area (Å²) in [6, 6.07) is 10.7. The molecule has 3 aromatic rings. The van der Waals surface area contributed by atoms with Gasteiger partial charge in [-0.25, -0.2) is 9.78 Å². The highest BCUT2D eigenvalue weighted by molar-refractivity contribution is 5.96. The molecule has 0 saturated carbocycles. The maximum Gasteiger partial charge on any atom is 0.415 e. The Morgan fingerprint density at radius 1 is 1.11 bits per heavy atom. The zero-order chi connectivity index (χ0) is 24.6. The minimum Gasteiger partial charge on any atom is -0.486 e. The van der Waals surface area contributed by atoms with E-state index in [0.29, 0.717) is 42.8 Å². The first-order chi connectivity index (χ1) is 17.6. The average molecular weight is 492 g/mol. The van der Waals surface area contributed by atoms with Gasteiger partial charge in [-0.3, -0.25) is 14.7 Å². The van der Waals surface area contributed by atoms with E-state index in [9.17, 15) is 9.59 Å². The lowest BCUT2D eigenvalue weighted by Crippen LogP contribution is -2.44. The second kappa shape index (κ2) is 9.06. The largest absolute Gasteiger partial charge is 0.486 e. The van der Waals surface area contributed by atoms with Crippen LogP contribution in [0.1, 0.15) is 6.42 Å². The van der Waals surface area contributed by atoms with Crippen molar-refractivity contribution in [3.63, 3.8) is 0 Å². The molecule has 2 atom stereocenters. The third kappa shape index (κ3) is 4.06. The number of carbonyl (C=O) groups excluding carboxylic acids is 2. The van der Waals surface area contributed by atoms with E-state index in [0.717, 1.165) is 29.7 Å². The topological polar surface area (TPSA) is 115 Å². The van der Waals surface area contributed by atoms with Crippen LogP contribution < -0.4 is 29.3 Å². The molecule has 186 valence electrons. The molecule has 1 aromatic carbocycles. The molecular weight excluding hydrogens is 466 g/mol. The fourth-order valence-electron chi connectivity index (χ4n) is 4.76. The molecule has 36 heavy (non-hydrogen) atoms. The molecule has 11 nitrogen and oxygen atoms in total. The standard InChI is InChI=1S/C25H25N5O6/c1-33-22-5-3-17-23(28-22)18(6-8-26-17)29-9-7-15(13-29)27-24(31)21-14-30(25(32)36-21)16-2-4-19-20(12-16)35-11-10-34-19/h2-6,8,12,15,21H,7,9-11,13-14H2,1H3,(H,27,31)/t15-,21-/m0/s1. The second-order valence-corrected chi connectivity index (χ2v) is 8.80. The van der Waals surface area contributed by atoms with Crippen molar-refractivity contribution < 1.29 is 28.5 Å². The van der Waals surface area contributed by atoms with Gasteiger partial charge < -0.3 is 29.2 Å². The highest BCUT2D eigenvalue weighted by Gasteiger charge is 2.39. The van der Waals surface area contributed by atoms with Crippen LogP contribution in [0.25, 0.3) is 11.0 Å². The van der Waals surface area contributed by atoms with Crippen LogP contribution in [0, 0.1) is 0 Å². The predicted molar refractivity (Wildman–Crippen MR) is 130 cm³/mol. The monoisotopic (exact) mass is 491 g/mol. The number of amides is 2. The first kappa shape index (κ1) is 22.2. The molecule has 0 bridgehead atoms. The van der Waals surface area contributed by atoms with Crippen LogP contribution in [0.15, 0.2) is 42.6 Å². The molecule has 2 fully saturated rings. The number of nitrogens with one attached hydrogen (secondary N) is 1. The van der Waals surface area contributed by atoms with Crippen molar-refractivity contribution in [1.82, 2.24) is 15.3 Å². The fraction of sp³-hybridized carbons (Fsp3) is 0.360. The zero-order valence-corrected chi connectivity index (χ0v) is 19.7. The number of hydrogen-bond acceptors (Lipinski definition) is 9. The van der Waals surface area contributed by atoms with Crippen LogP contribution in [0.2, 0.25) is 0 Å². The summed E-state index contributed by atoms with van der Waals surface area (Å²) in [5, 5.41) is 3.04. The molecule has 0 spiro atoms. The first-order valence-electron chi connectivity index (χ1n) is 11.8. The molecule has 1 N–H and O–H groups in total. The molecule has 6 rings (SSSR count). The van der Waals surface area contributed by atoms with Gasteiger partial charge in [0.1, 0.15) is 18.7 Å². The Balaban J connectivity index is 1.11. The first-order valence-corrected chi connectivity index (χ1v) is 11.8. The molecule has 2 aromatic heterocycles. The highest BCUT2D eigenvalue weighted by atomic mass is 16.6. The smallest absolute Gasteiger partial charge is 0.415 e. The Morgan fingerprint density at radius 2 is 1.97 bits per heavy atom. The van der Waals surface area contributed by atoms with Crippen molar-refractivity contribution in [2.45, 2.75) is 18.6 Å². The van der Waals surface area contributed by atoms with Crippen molar-refractivity contribution >= 4 is 34.4 Å². The van der Waals surface area contributed by atoms with E-state index in [-0.39, 0.29) is 18.5 Å². The average Bonchev–Trinajstić information content (AvgIpc) is 3.54. The van der Waals surface area contributed by atoms with E-state index >= 15 is 0 Å². The van der Waals surface area contributed by atoms with Crippen LogP contribution >= 0.6 is 0 Å². The summed E-state index contributed by atoms with van der Waals surface area (Å²) in [5.41, 5.74) is 3.06. The van der Waals surface area contributed by atoms with Gasteiger partial charge in [0.15, 0.2) is 17.6 Å². The number of methoxy groups -OCH3 is 1. The van der Waals surface area contributed by atoms with E-state index in [1.54, 1.807) is 37.6 Å². The quantitative estimate of drug-likeness (QED) is 0.573. The number of anilines is 2. The lowest BCUT2D eigenvalue weighted by molar-refractivity contribution is -0.128. The Labute approximate surface area is 206 Å². The molecule has 3 aliphatic rings. The van der Waals surface area contributed by atoms with Gasteiger partial charge in [-0.2, -0.15) is 0 Å². The SMILES string of the molecule is COc1ccc2nccc(N3CC[C@H](NC(=O)[C@@H]4CN(c5ccc6c(c5)OCCO6)C(=O)O4)C3)c2n1. The number of cyclic esters (lactones) is 1. The number of ether oxygens (including phenoxy) is 4. The summed E-state index contributed by atoms with van der Waals surface area (Å²) in [6.45, 7) is 2.41. The lowest BCUT2D eigenvalue weighted by atomic mass is 10.2. The van der Waals surface area contributed by atoms with Gasteiger partial charge in [-0.1, -0.05) is 0 Å². The van der Waals surface area contributed by atoms with Crippen LogP contribution in [-0.2, 0) is 9.53 Å². The van der Waals surface area contributed by atoms with Crippen molar-refractivity contribution in [1.29, 1.82) is 0 Å². The number of carbonyl (C=O) groups is 2. The third-order valence-corrected chi connectivity index (χ3v) is 6.56. The number of aromatic nitrogens is 2. The van der Waals surface area contributed by atoms with E-state index in [1.165, 1.54) is 4.90 Å². The molecule has 2 saturated heterocycles. The second-order valence-electron chi connectivity index (χ2n) is 8.80. The van der Waals surface area contributed by atoms with E-state index in [1.807, 2.05) is 12.1 Å². The fourth-order valence-corrected chi connectivity index (χ4v) is 4.76. The Bertz CT molecular complexity index is 1330. The third-order valence-electron chi connectivity index (χ3n) is 6.56. The molecule has 0 unspecified atom stereocenters. The Morgan fingerprint density at radius 3 is 2.83 bits per heavy atom. The van der Waals surface area contributed by atoms with Gasteiger partial charge >= 0.3 is 6.09 Å². The normalized spacial score (nSPS) is 21.0. The molecule has 3 aliphatic heterocycles. The van der Waals surface area contributed by atoms with Gasteiger partial charge in [-0.05, 0) is 30.7 Å². The number of fused-ring (bicyclic) bond motifs is 2. The summed E-state index contributed by atoms with van der Waals surface area (Å²) in [4.78, 5) is 38.1. The number of pyridine rings is 2. The predicted octanol–water partition coefficient (Wildman–Crippen LogP) is 2.13. The minimum absolute atomic E-state index is 0.0895. The van der Waals surface area contributed by atoms with Gasteiger partial charge in [0.25, 0.3) is 5.91 Å². The summed E-state index contributed by atoms with van der Waals surface area (Å²) in [7, 11) is 1.58. The summed E-state index contributed by atoms with van der Waals surface area (Å²) in [6.07, 6.45) is 1.05. The van der Waals surface area contributed by atoms with Crippen LogP contribution in [0.4, 0.5) is 16.2 Å². The van der Waals surface area contributed by atoms with Crippen LogP contribution in [-0.4, -0.2) is 74.1 Å². The summed E-state index contributed by atoms with van der Waals surface area (Å²) < 4.78 is 21.8. The maximum atomic E-state index is 13.0. The maximum absolute atomic E-state index is 13.0. The number of nitrogens with zero attached hydrogens (tertiary/aromatic N) is 4. The van der Waals surface area contributed by atoms with Crippen molar-refractivity contribution in [2.24, 2.45) is 0 Å². The summed E-state index contributed by atoms with van der Waals surface area (Å²) in [5.74, 6) is 1.41. The number of benzene rings is 1. The van der Waals surface area contributed by atoms with Crippen molar-refractivity contribution in [3.8, 4) is 17.4 Å².